The van der Waals surface area contributed by atoms with Crippen molar-refractivity contribution in [3.05, 3.63) is 18.2 Å². The minimum Gasteiger partial charge on any atom is -0.497 e. The number of fused-ring (bicyclic) bond motifs is 1. The zero-order valence-corrected chi connectivity index (χ0v) is 11.8. The Labute approximate surface area is 112 Å². The Hall–Kier alpha value is -1.76. The van der Waals surface area contributed by atoms with Crippen LogP contribution in [0.3, 0.4) is 0 Å². The van der Waals surface area contributed by atoms with Crippen molar-refractivity contribution < 1.29 is 13.2 Å². The van der Waals surface area contributed by atoms with Gasteiger partial charge in [-0.15, -0.1) is 0 Å². The SMILES string of the molecule is COc1ccc2c(c1)nc(N)n2CCCS(C)(=O)=O. The number of imidazole rings is 1. The molecule has 0 saturated heterocycles. The number of nitrogens with zero attached hydrogens (tertiary/aromatic N) is 2. The van der Waals surface area contributed by atoms with E-state index in [1.165, 1.54) is 6.26 Å². The molecule has 0 unspecified atom stereocenters. The maximum absolute atomic E-state index is 11.1. The van der Waals surface area contributed by atoms with Gasteiger partial charge < -0.3 is 15.0 Å². The van der Waals surface area contributed by atoms with Crippen LogP contribution >= 0.6 is 0 Å². The van der Waals surface area contributed by atoms with Gasteiger partial charge in [0.1, 0.15) is 15.6 Å². The Morgan fingerprint density at radius 3 is 2.79 bits per heavy atom. The monoisotopic (exact) mass is 283 g/mol. The minimum absolute atomic E-state index is 0.141. The number of rotatable bonds is 5. The molecule has 2 rings (SSSR count). The van der Waals surface area contributed by atoms with Gasteiger partial charge in [0, 0.05) is 18.9 Å². The molecule has 1 aromatic heterocycles. The largest absolute Gasteiger partial charge is 0.497 e. The fraction of sp³-hybridized carbons (Fsp3) is 0.417. The van der Waals surface area contributed by atoms with E-state index in [4.69, 9.17) is 10.5 Å². The molecule has 0 fully saturated rings. The second-order valence-corrected chi connectivity index (χ2v) is 6.72. The highest BCUT2D eigenvalue weighted by molar-refractivity contribution is 7.90. The minimum atomic E-state index is -2.95. The topological polar surface area (TPSA) is 87.2 Å². The number of nitrogens with two attached hydrogens (primary N) is 1. The normalized spacial score (nSPS) is 11.9. The molecule has 0 aliphatic carbocycles. The molecular formula is C12H17N3O3S. The van der Waals surface area contributed by atoms with Gasteiger partial charge in [0.15, 0.2) is 0 Å². The number of sulfone groups is 1. The van der Waals surface area contributed by atoms with Crippen molar-refractivity contribution in [1.29, 1.82) is 0 Å². The highest BCUT2D eigenvalue weighted by Gasteiger charge is 2.10. The van der Waals surface area contributed by atoms with E-state index in [1.807, 2.05) is 16.7 Å². The van der Waals surface area contributed by atoms with Crippen LogP contribution in [-0.4, -0.2) is 37.1 Å². The summed E-state index contributed by atoms with van der Waals surface area (Å²) in [4.78, 5) is 4.25. The van der Waals surface area contributed by atoms with Gasteiger partial charge in [-0.1, -0.05) is 0 Å². The average Bonchev–Trinajstić information content (AvgIpc) is 2.63. The fourth-order valence-electron chi connectivity index (χ4n) is 1.98. The summed E-state index contributed by atoms with van der Waals surface area (Å²) in [6, 6.07) is 5.51. The van der Waals surface area contributed by atoms with Crippen molar-refractivity contribution in [2.75, 3.05) is 24.9 Å². The van der Waals surface area contributed by atoms with Gasteiger partial charge in [0.25, 0.3) is 0 Å². The molecule has 0 atom stereocenters. The van der Waals surface area contributed by atoms with Gasteiger partial charge in [-0.2, -0.15) is 0 Å². The maximum Gasteiger partial charge on any atom is 0.201 e. The molecule has 0 radical (unpaired) electrons. The number of anilines is 1. The third kappa shape index (κ3) is 3.17. The van der Waals surface area contributed by atoms with Crippen LogP contribution < -0.4 is 10.5 Å². The van der Waals surface area contributed by atoms with Gasteiger partial charge in [-0.3, -0.25) is 0 Å². The first kappa shape index (κ1) is 13.7. The number of benzene rings is 1. The van der Waals surface area contributed by atoms with E-state index in [-0.39, 0.29) is 5.75 Å². The second-order valence-electron chi connectivity index (χ2n) is 4.46. The van der Waals surface area contributed by atoms with Crippen LogP contribution in [0.15, 0.2) is 18.2 Å². The van der Waals surface area contributed by atoms with Crippen LogP contribution in [0.5, 0.6) is 5.75 Å². The lowest BCUT2D eigenvalue weighted by Crippen LogP contribution is -2.09. The molecule has 0 aliphatic rings. The van der Waals surface area contributed by atoms with E-state index < -0.39 is 9.84 Å². The number of nitrogen functional groups attached to an aromatic ring is 1. The first-order valence-corrected chi connectivity index (χ1v) is 7.94. The predicted molar refractivity (Wildman–Crippen MR) is 75.0 cm³/mol. The molecule has 2 N–H and O–H groups in total. The van der Waals surface area contributed by atoms with Crippen molar-refractivity contribution >= 4 is 26.8 Å². The summed E-state index contributed by atoms with van der Waals surface area (Å²) in [6.45, 7) is 0.529. The zero-order valence-electron chi connectivity index (χ0n) is 11.0. The van der Waals surface area contributed by atoms with Crippen molar-refractivity contribution in [2.45, 2.75) is 13.0 Å². The van der Waals surface area contributed by atoms with Gasteiger partial charge in [0.05, 0.1) is 23.9 Å². The van der Waals surface area contributed by atoms with E-state index in [2.05, 4.69) is 4.98 Å². The first-order chi connectivity index (χ1) is 8.90. The third-order valence-electron chi connectivity index (χ3n) is 2.88. The highest BCUT2D eigenvalue weighted by Crippen LogP contribution is 2.23. The molecule has 6 nitrogen and oxygen atoms in total. The fourth-order valence-corrected chi connectivity index (χ4v) is 2.63. The van der Waals surface area contributed by atoms with Crippen molar-refractivity contribution in [3.8, 4) is 5.75 Å². The number of aromatic nitrogens is 2. The molecule has 0 spiro atoms. The Kier molecular flexibility index (Phi) is 3.66. The van der Waals surface area contributed by atoms with Crippen LogP contribution in [0.25, 0.3) is 11.0 Å². The van der Waals surface area contributed by atoms with E-state index >= 15 is 0 Å². The molecule has 19 heavy (non-hydrogen) atoms. The second kappa shape index (κ2) is 5.08. The van der Waals surface area contributed by atoms with Crippen LogP contribution in [0, 0.1) is 0 Å². The maximum atomic E-state index is 11.1. The van der Waals surface area contributed by atoms with Crippen molar-refractivity contribution in [3.63, 3.8) is 0 Å². The summed E-state index contributed by atoms with van der Waals surface area (Å²) in [7, 11) is -1.36. The van der Waals surface area contributed by atoms with E-state index in [9.17, 15) is 8.42 Å². The molecular weight excluding hydrogens is 266 g/mol. The zero-order chi connectivity index (χ0) is 14.0. The van der Waals surface area contributed by atoms with E-state index in [0.717, 1.165) is 11.0 Å². The number of hydrogen-bond donors (Lipinski definition) is 1. The average molecular weight is 283 g/mol. The van der Waals surface area contributed by atoms with Gasteiger partial charge in [-0.25, -0.2) is 13.4 Å². The van der Waals surface area contributed by atoms with Crippen LogP contribution in [0.4, 0.5) is 5.95 Å². The Morgan fingerprint density at radius 2 is 2.16 bits per heavy atom. The summed E-state index contributed by atoms with van der Waals surface area (Å²) in [5.41, 5.74) is 7.48. The number of aryl methyl sites for hydroxylation is 1. The molecule has 104 valence electrons. The molecule has 7 heteroatoms. The summed E-state index contributed by atoms with van der Waals surface area (Å²) in [5, 5.41) is 0. The summed E-state index contributed by atoms with van der Waals surface area (Å²) >= 11 is 0. The molecule has 0 aliphatic heterocycles. The molecule has 1 heterocycles. The lowest BCUT2D eigenvalue weighted by Gasteiger charge is -2.06. The Balaban J connectivity index is 2.25. The number of hydrogen-bond acceptors (Lipinski definition) is 5. The van der Waals surface area contributed by atoms with Crippen LogP contribution in [-0.2, 0) is 16.4 Å². The lowest BCUT2D eigenvalue weighted by atomic mass is 10.3. The standard InChI is InChI=1S/C12H17N3O3S/c1-18-9-4-5-11-10(8-9)14-12(13)15(11)6-3-7-19(2,16)17/h4-5,8H,3,6-7H2,1-2H3,(H2,13,14). The first-order valence-electron chi connectivity index (χ1n) is 5.88. The van der Waals surface area contributed by atoms with Gasteiger partial charge in [-0.05, 0) is 18.6 Å². The summed E-state index contributed by atoms with van der Waals surface area (Å²) < 4.78 is 29.2. The summed E-state index contributed by atoms with van der Waals surface area (Å²) in [5.74, 6) is 1.24. The lowest BCUT2D eigenvalue weighted by molar-refractivity contribution is 0.415. The number of ether oxygens (including phenoxy) is 1. The number of methoxy groups -OCH3 is 1. The van der Waals surface area contributed by atoms with Crippen LogP contribution in [0.2, 0.25) is 0 Å². The Morgan fingerprint density at radius 1 is 1.42 bits per heavy atom. The third-order valence-corrected chi connectivity index (χ3v) is 3.91. The summed E-state index contributed by atoms with van der Waals surface area (Å²) in [6.07, 6.45) is 1.74. The molecule has 0 amide bonds. The van der Waals surface area contributed by atoms with Crippen LogP contribution in [0.1, 0.15) is 6.42 Å². The Bertz CT molecular complexity index is 692. The quantitative estimate of drug-likeness (QED) is 0.886. The van der Waals surface area contributed by atoms with E-state index in [1.54, 1.807) is 13.2 Å². The highest BCUT2D eigenvalue weighted by atomic mass is 32.2. The predicted octanol–water partition coefficient (Wildman–Crippen LogP) is 1.06. The van der Waals surface area contributed by atoms with E-state index in [0.29, 0.717) is 24.7 Å². The molecule has 2 aromatic rings. The van der Waals surface area contributed by atoms with Crippen molar-refractivity contribution in [1.82, 2.24) is 9.55 Å². The van der Waals surface area contributed by atoms with Gasteiger partial charge in [0.2, 0.25) is 5.95 Å². The molecule has 0 saturated carbocycles. The molecule has 1 aromatic carbocycles. The molecule has 0 bridgehead atoms. The van der Waals surface area contributed by atoms with Crippen molar-refractivity contribution in [2.24, 2.45) is 0 Å². The smallest absolute Gasteiger partial charge is 0.201 e. The van der Waals surface area contributed by atoms with Gasteiger partial charge >= 0.3 is 0 Å².